The number of anilines is 1. The zero-order valence-electron chi connectivity index (χ0n) is 17.2. The summed E-state index contributed by atoms with van der Waals surface area (Å²) in [5.74, 6) is 0.488. The highest BCUT2D eigenvalue weighted by Crippen LogP contribution is 2.30. The standard InChI is InChI=1S/C25H21N3O2S/c1-18-8-14-22-23(16-18)31-25(27-22)28(24(29)15-11-19-6-4-3-5-7-19)26-17-20-9-12-21(30-2)13-10-20/h3-17H,1-2H3/b15-11+,26-17+. The Labute approximate surface area is 184 Å². The molecule has 0 bridgehead atoms. The van der Waals surface area contributed by atoms with Gasteiger partial charge >= 0.3 is 0 Å². The van der Waals surface area contributed by atoms with Gasteiger partial charge < -0.3 is 4.74 Å². The number of benzene rings is 3. The first-order valence-electron chi connectivity index (χ1n) is 9.75. The summed E-state index contributed by atoms with van der Waals surface area (Å²) in [5, 5.41) is 6.32. The van der Waals surface area contributed by atoms with Crippen LogP contribution < -0.4 is 9.75 Å². The predicted octanol–water partition coefficient (Wildman–Crippen LogP) is 5.69. The van der Waals surface area contributed by atoms with Crippen LogP contribution in [0.5, 0.6) is 5.75 Å². The van der Waals surface area contributed by atoms with Gasteiger partial charge in [-0.05, 0) is 66.1 Å². The highest BCUT2D eigenvalue weighted by molar-refractivity contribution is 7.22. The van der Waals surface area contributed by atoms with Crippen molar-refractivity contribution in [2.24, 2.45) is 5.10 Å². The number of fused-ring (bicyclic) bond motifs is 1. The molecular weight excluding hydrogens is 406 g/mol. The van der Waals surface area contributed by atoms with Crippen LogP contribution in [0.15, 0.2) is 84.0 Å². The monoisotopic (exact) mass is 427 g/mol. The molecule has 0 N–H and O–H groups in total. The van der Waals surface area contributed by atoms with Crippen LogP contribution in [0.2, 0.25) is 0 Å². The number of carbonyl (C=O) groups is 1. The van der Waals surface area contributed by atoms with Crippen molar-refractivity contribution in [2.45, 2.75) is 6.92 Å². The van der Waals surface area contributed by atoms with Crippen molar-refractivity contribution < 1.29 is 9.53 Å². The molecule has 0 saturated carbocycles. The summed E-state index contributed by atoms with van der Waals surface area (Å²) < 4.78 is 6.21. The minimum absolute atomic E-state index is 0.274. The molecule has 0 spiro atoms. The van der Waals surface area contributed by atoms with Crippen molar-refractivity contribution in [3.63, 3.8) is 0 Å². The number of amides is 1. The fourth-order valence-electron chi connectivity index (χ4n) is 2.93. The lowest BCUT2D eigenvalue weighted by atomic mass is 10.2. The zero-order chi connectivity index (χ0) is 21.6. The van der Waals surface area contributed by atoms with E-state index in [0.29, 0.717) is 5.13 Å². The molecule has 6 heteroatoms. The first-order valence-corrected chi connectivity index (χ1v) is 10.6. The van der Waals surface area contributed by atoms with E-state index in [2.05, 4.69) is 16.2 Å². The number of ether oxygens (including phenoxy) is 1. The van der Waals surface area contributed by atoms with E-state index in [0.717, 1.165) is 32.7 Å². The third-order valence-corrected chi connectivity index (χ3v) is 5.57. The van der Waals surface area contributed by atoms with Crippen LogP contribution in [0.25, 0.3) is 16.3 Å². The topological polar surface area (TPSA) is 54.8 Å². The van der Waals surface area contributed by atoms with Crippen LogP contribution >= 0.6 is 11.3 Å². The number of aromatic nitrogens is 1. The lowest BCUT2D eigenvalue weighted by Gasteiger charge is -2.11. The van der Waals surface area contributed by atoms with Gasteiger partial charge in [0.15, 0.2) is 0 Å². The number of carbonyl (C=O) groups excluding carboxylic acids is 1. The van der Waals surface area contributed by atoms with Crippen molar-refractivity contribution >= 4 is 44.9 Å². The Kier molecular flexibility index (Phi) is 6.19. The number of nitrogens with zero attached hydrogens (tertiary/aromatic N) is 3. The Bertz CT molecular complexity index is 1250. The molecule has 5 nitrogen and oxygen atoms in total. The summed E-state index contributed by atoms with van der Waals surface area (Å²) in [6.07, 6.45) is 4.93. The van der Waals surface area contributed by atoms with E-state index in [4.69, 9.17) is 4.74 Å². The number of hydrogen-bond donors (Lipinski definition) is 0. The smallest absolute Gasteiger partial charge is 0.273 e. The molecule has 4 rings (SSSR count). The van der Waals surface area contributed by atoms with E-state index in [1.807, 2.05) is 73.7 Å². The number of thiazole rings is 1. The number of hydrogen-bond acceptors (Lipinski definition) is 5. The Morgan fingerprint density at radius 2 is 1.81 bits per heavy atom. The third-order valence-electron chi connectivity index (χ3n) is 4.58. The average molecular weight is 428 g/mol. The van der Waals surface area contributed by atoms with E-state index >= 15 is 0 Å². The van der Waals surface area contributed by atoms with Crippen LogP contribution in [0.1, 0.15) is 16.7 Å². The molecule has 1 amide bonds. The molecule has 31 heavy (non-hydrogen) atoms. The molecule has 0 atom stereocenters. The molecule has 154 valence electrons. The molecule has 0 unspecified atom stereocenters. The van der Waals surface area contributed by atoms with Crippen LogP contribution in [0.4, 0.5) is 5.13 Å². The van der Waals surface area contributed by atoms with Crippen molar-refractivity contribution in [2.75, 3.05) is 12.1 Å². The van der Waals surface area contributed by atoms with Crippen LogP contribution in [-0.2, 0) is 4.79 Å². The molecule has 0 radical (unpaired) electrons. The van der Waals surface area contributed by atoms with Crippen molar-refractivity contribution in [1.29, 1.82) is 0 Å². The average Bonchev–Trinajstić information content (AvgIpc) is 3.21. The maximum absolute atomic E-state index is 13.1. The molecule has 4 aromatic rings. The minimum atomic E-state index is -0.274. The SMILES string of the molecule is COc1ccc(/C=N/N(C(=O)/C=C/c2ccccc2)c2nc3ccc(C)cc3s2)cc1. The van der Waals surface area contributed by atoms with Gasteiger partial charge in [-0.2, -0.15) is 10.1 Å². The number of aryl methyl sites for hydroxylation is 1. The fourth-order valence-corrected chi connectivity index (χ4v) is 3.95. The molecule has 3 aromatic carbocycles. The van der Waals surface area contributed by atoms with Gasteiger partial charge in [0.2, 0.25) is 5.13 Å². The van der Waals surface area contributed by atoms with Gasteiger partial charge in [-0.1, -0.05) is 47.7 Å². The van der Waals surface area contributed by atoms with Crippen molar-refractivity contribution in [1.82, 2.24) is 4.98 Å². The van der Waals surface area contributed by atoms with Crippen LogP contribution in [0.3, 0.4) is 0 Å². The van der Waals surface area contributed by atoms with Gasteiger partial charge in [-0.15, -0.1) is 0 Å². The largest absolute Gasteiger partial charge is 0.497 e. The highest BCUT2D eigenvalue weighted by atomic mass is 32.1. The molecule has 1 heterocycles. The second kappa shape index (κ2) is 9.36. The molecule has 0 saturated heterocycles. The molecule has 0 aliphatic heterocycles. The van der Waals surface area contributed by atoms with Gasteiger partial charge in [0, 0.05) is 6.08 Å². The highest BCUT2D eigenvalue weighted by Gasteiger charge is 2.17. The Hall–Kier alpha value is -3.77. The minimum Gasteiger partial charge on any atom is -0.497 e. The summed E-state index contributed by atoms with van der Waals surface area (Å²) in [5.41, 5.74) is 3.78. The van der Waals surface area contributed by atoms with Crippen molar-refractivity contribution in [3.05, 3.63) is 95.6 Å². The predicted molar refractivity (Wildman–Crippen MR) is 128 cm³/mol. The summed E-state index contributed by atoms with van der Waals surface area (Å²) in [6, 6.07) is 23.2. The Balaban J connectivity index is 1.67. The van der Waals surface area contributed by atoms with Crippen LogP contribution in [-0.4, -0.2) is 24.2 Å². The third kappa shape index (κ3) is 5.05. The van der Waals surface area contributed by atoms with Gasteiger partial charge in [0.25, 0.3) is 5.91 Å². The normalized spacial score (nSPS) is 11.4. The zero-order valence-corrected chi connectivity index (χ0v) is 18.0. The van der Waals surface area contributed by atoms with Gasteiger partial charge in [-0.25, -0.2) is 4.98 Å². The maximum Gasteiger partial charge on any atom is 0.273 e. The molecule has 0 aliphatic rings. The van der Waals surface area contributed by atoms with E-state index < -0.39 is 0 Å². The lowest BCUT2D eigenvalue weighted by Crippen LogP contribution is -2.23. The molecular formula is C25H21N3O2S. The van der Waals surface area contributed by atoms with Gasteiger partial charge in [-0.3, -0.25) is 4.79 Å². The van der Waals surface area contributed by atoms with E-state index in [1.165, 1.54) is 22.4 Å². The quantitative estimate of drug-likeness (QED) is 0.225. The summed E-state index contributed by atoms with van der Waals surface area (Å²) in [6.45, 7) is 2.03. The Morgan fingerprint density at radius 3 is 2.55 bits per heavy atom. The van der Waals surface area contributed by atoms with E-state index in [-0.39, 0.29) is 5.91 Å². The van der Waals surface area contributed by atoms with Crippen LogP contribution in [0, 0.1) is 6.92 Å². The van der Waals surface area contributed by atoms with E-state index in [1.54, 1.807) is 19.4 Å². The summed E-state index contributed by atoms with van der Waals surface area (Å²) in [4.78, 5) is 17.7. The molecule has 1 aromatic heterocycles. The maximum atomic E-state index is 13.1. The fraction of sp³-hybridized carbons (Fsp3) is 0.0800. The second-order valence-corrected chi connectivity index (χ2v) is 7.89. The first-order chi connectivity index (χ1) is 15.1. The summed E-state index contributed by atoms with van der Waals surface area (Å²) in [7, 11) is 1.62. The number of hydrazone groups is 1. The molecule has 0 fully saturated rings. The molecule has 0 aliphatic carbocycles. The van der Waals surface area contributed by atoms with Gasteiger partial charge in [0.05, 0.1) is 23.5 Å². The second-order valence-electron chi connectivity index (χ2n) is 6.88. The van der Waals surface area contributed by atoms with Gasteiger partial charge in [0.1, 0.15) is 5.75 Å². The van der Waals surface area contributed by atoms with Crippen molar-refractivity contribution in [3.8, 4) is 5.75 Å². The summed E-state index contributed by atoms with van der Waals surface area (Å²) >= 11 is 1.44. The lowest BCUT2D eigenvalue weighted by molar-refractivity contribution is -0.114. The van der Waals surface area contributed by atoms with E-state index in [9.17, 15) is 4.79 Å². The Morgan fingerprint density at radius 1 is 1.03 bits per heavy atom. The number of methoxy groups -OCH3 is 1. The first kappa shape index (κ1) is 20.5. The number of rotatable bonds is 6.